The van der Waals surface area contributed by atoms with Gasteiger partial charge in [-0.25, -0.2) is 4.85 Å². The third-order valence-electron chi connectivity index (χ3n) is 3.83. The van der Waals surface area contributed by atoms with Crippen molar-refractivity contribution in [1.29, 1.82) is 0 Å². The molecule has 4 heteroatoms. The molecule has 0 fully saturated rings. The summed E-state index contributed by atoms with van der Waals surface area (Å²) in [5.74, 6) is 0.749. The molecule has 0 amide bonds. The Labute approximate surface area is 129 Å². The van der Waals surface area contributed by atoms with Crippen molar-refractivity contribution >= 4 is 5.69 Å². The normalized spacial score (nSPS) is 10.5. The maximum Gasteiger partial charge on any atom is 0.379 e. The van der Waals surface area contributed by atoms with E-state index in [1.54, 1.807) is 6.26 Å². The Bertz CT molecular complexity index is 888. The van der Waals surface area contributed by atoms with Crippen LogP contribution < -0.4 is 9.13 Å². The van der Waals surface area contributed by atoms with Crippen LogP contribution in [0.3, 0.4) is 0 Å². The molecule has 0 spiro atoms. The fourth-order valence-electron chi connectivity index (χ4n) is 2.61. The van der Waals surface area contributed by atoms with Gasteiger partial charge in [-0.05, 0) is 13.0 Å². The van der Waals surface area contributed by atoms with E-state index < -0.39 is 0 Å². The molecule has 0 aliphatic heterocycles. The van der Waals surface area contributed by atoms with E-state index in [1.165, 1.54) is 0 Å². The predicted octanol–water partition coefficient (Wildman–Crippen LogP) is 3.22. The number of nitrogens with zero attached hydrogens (tertiary/aromatic N) is 3. The van der Waals surface area contributed by atoms with Crippen LogP contribution in [0, 0.1) is 20.4 Å². The Morgan fingerprint density at radius 3 is 2.59 bits per heavy atom. The Morgan fingerprint density at radius 2 is 1.95 bits per heavy atom. The number of rotatable bonds is 2. The highest BCUT2D eigenvalue weighted by atomic mass is 16.3. The predicted molar refractivity (Wildman–Crippen MR) is 82.6 cm³/mol. The lowest BCUT2D eigenvalue weighted by atomic mass is 10.0. The van der Waals surface area contributed by atoms with Crippen molar-refractivity contribution in [3.63, 3.8) is 0 Å². The van der Waals surface area contributed by atoms with Gasteiger partial charge < -0.3 is 4.42 Å². The summed E-state index contributed by atoms with van der Waals surface area (Å²) in [6.07, 6.45) is 5.52. The minimum absolute atomic E-state index is 0.600. The first-order valence-corrected chi connectivity index (χ1v) is 7.05. The highest BCUT2D eigenvalue weighted by Gasteiger charge is 2.24. The summed E-state index contributed by atoms with van der Waals surface area (Å²) in [5.41, 5.74) is 4.73. The summed E-state index contributed by atoms with van der Waals surface area (Å²) < 4.78 is 9.62. The number of aromatic nitrogens is 2. The summed E-state index contributed by atoms with van der Waals surface area (Å²) in [4.78, 5) is 3.61. The zero-order chi connectivity index (χ0) is 15.7. The minimum atomic E-state index is 0.600. The Balaban J connectivity index is 2.31. The van der Waals surface area contributed by atoms with Crippen LogP contribution in [0.25, 0.3) is 22.0 Å². The first-order valence-electron chi connectivity index (χ1n) is 7.05. The molecule has 4 nitrogen and oxygen atoms in total. The molecule has 0 N–H and O–H groups in total. The van der Waals surface area contributed by atoms with E-state index in [9.17, 15) is 0 Å². The van der Waals surface area contributed by atoms with Gasteiger partial charge in [-0.1, -0.05) is 6.07 Å². The maximum absolute atomic E-state index is 7.38. The monoisotopic (exact) mass is 291 g/mol. The second-order valence-corrected chi connectivity index (χ2v) is 5.28. The van der Waals surface area contributed by atoms with Crippen molar-refractivity contribution in [3.05, 3.63) is 71.7 Å². The van der Waals surface area contributed by atoms with Gasteiger partial charge in [0, 0.05) is 30.7 Å². The fourth-order valence-corrected chi connectivity index (χ4v) is 2.61. The van der Waals surface area contributed by atoms with E-state index in [0.717, 1.165) is 28.4 Å². The standard InChI is InChI=1S/C18H17N3O/c1-13-7-5-6-8-21(13)17-12-15(19-3)11-16(14(17)2)18-20(4)9-10-22-18/h5-12H,1-2,4H3/q+2. The average molecular weight is 291 g/mol. The van der Waals surface area contributed by atoms with Crippen molar-refractivity contribution in [2.75, 3.05) is 0 Å². The van der Waals surface area contributed by atoms with Crippen molar-refractivity contribution in [2.45, 2.75) is 13.8 Å². The number of hydrogen-bond donors (Lipinski definition) is 0. The summed E-state index contributed by atoms with van der Waals surface area (Å²) in [6.45, 7) is 11.5. The van der Waals surface area contributed by atoms with E-state index in [2.05, 4.69) is 29.3 Å². The zero-order valence-corrected chi connectivity index (χ0v) is 12.9. The molecule has 0 aliphatic rings. The van der Waals surface area contributed by atoms with Crippen LogP contribution in [0.1, 0.15) is 11.3 Å². The van der Waals surface area contributed by atoms with Crippen molar-refractivity contribution < 1.29 is 13.6 Å². The summed E-state index contributed by atoms with van der Waals surface area (Å²) >= 11 is 0. The maximum atomic E-state index is 7.38. The first kappa shape index (κ1) is 14.0. The van der Waals surface area contributed by atoms with Crippen LogP contribution in [-0.2, 0) is 7.05 Å². The Hall–Kier alpha value is -2.93. The van der Waals surface area contributed by atoms with Gasteiger partial charge in [0.05, 0.1) is 12.1 Å². The molecule has 0 bridgehead atoms. The molecule has 0 atom stereocenters. The van der Waals surface area contributed by atoms with Gasteiger partial charge in [-0.15, -0.1) is 0 Å². The highest BCUT2D eigenvalue weighted by molar-refractivity contribution is 5.69. The summed E-state index contributed by atoms with van der Waals surface area (Å²) in [7, 11) is 1.93. The molecular formula is C18H17N3O+2. The molecule has 2 aromatic heterocycles. The lowest BCUT2D eigenvalue weighted by molar-refractivity contribution is -0.662. The second-order valence-electron chi connectivity index (χ2n) is 5.28. The first-order chi connectivity index (χ1) is 10.6. The largest absolute Gasteiger partial charge is 0.406 e. The van der Waals surface area contributed by atoms with Crippen LogP contribution in [0.2, 0.25) is 0 Å². The van der Waals surface area contributed by atoms with Gasteiger partial charge in [0.25, 0.3) is 0 Å². The zero-order valence-electron chi connectivity index (χ0n) is 12.9. The summed E-state index contributed by atoms with van der Waals surface area (Å²) in [5, 5.41) is 0. The average Bonchev–Trinajstić information content (AvgIpc) is 2.94. The van der Waals surface area contributed by atoms with Gasteiger partial charge in [0.2, 0.25) is 11.9 Å². The van der Waals surface area contributed by atoms with Gasteiger partial charge in [0.15, 0.2) is 23.8 Å². The molecule has 0 radical (unpaired) electrons. The fraction of sp³-hybridized carbons (Fsp3) is 0.167. The van der Waals surface area contributed by atoms with Crippen molar-refractivity contribution in [1.82, 2.24) is 0 Å². The number of oxazole rings is 1. The Morgan fingerprint density at radius 1 is 1.14 bits per heavy atom. The summed E-state index contributed by atoms with van der Waals surface area (Å²) in [6, 6.07) is 9.85. The van der Waals surface area contributed by atoms with Crippen LogP contribution in [0.15, 0.2) is 53.4 Å². The highest BCUT2D eigenvalue weighted by Crippen LogP contribution is 2.29. The molecule has 0 saturated heterocycles. The third-order valence-corrected chi connectivity index (χ3v) is 3.83. The number of pyridine rings is 1. The molecular weight excluding hydrogens is 274 g/mol. The molecule has 2 heterocycles. The van der Waals surface area contributed by atoms with E-state index in [-0.39, 0.29) is 0 Å². The van der Waals surface area contributed by atoms with E-state index in [0.29, 0.717) is 5.69 Å². The van der Waals surface area contributed by atoms with Crippen LogP contribution in [-0.4, -0.2) is 0 Å². The van der Waals surface area contributed by atoms with Gasteiger partial charge in [-0.2, -0.15) is 9.13 Å². The molecule has 1 aromatic carbocycles. The quantitative estimate of drug-likeness (QED) is 0.526. The number of hydrogen-bond acceptors (Lipinski definition) is 1. The molecule has 108 valence electrons. The third kappa shape index (κ3) is 2.27. The van der Waals surface area contributed by atoms with Gasteiger partial charge in [-0.3, -0.25) is 0 Å². The lowest BCUT2D eigenvalue weighted by Crippen LogP contribution is -2.35. The number of aryl methyl sites for hydroxylation is 2. The Kier molecular flexibility index (Phi) is 3.48. The van der Waals surface area contributed by atoms with Gasteiger partial charge >= 0.3 is 5.89 Å². The topological polar surface area (TPSA) is 25.3 Å². The van der Waals surface area contributed by atoms with Crippen molar-refractivity contribution in [3.8, 4) is 17.1 Å². The molecule has 22 heavy (non-hydrogen) atoms. The van der Waals surface area contributed by atoms with Crippen LogP contribution in [0.4, 0.5) is 5.69 Å². The molecule has 0 saturated carbocycles. The van der Waals surface area contributed by atoms with Crippen LogP contribution >= 0.6 is 0 Å². The van der Waals surface area contributed by atoms with Crippen molar-refractivity contribution in [2.24, 2.45) is 7.05 Å². The smallest absolute Gasteiger partial charge is 0.379 e. The minimum Gasteiger partial charge on any atom is -0.406 e. The second kappa shape index (κ2) is 5.45. The number of benzene rings is 1. The molecule has 3 rings (SSSR count). The van der Waals surface area contributed by atoms with E-state index >= 15 is 0 Å². The van der Waals surface area contributed by atoms with E-state index in [1.807, 2.05) is 48.3 Å². The SMILES string of the molecule is [C-]#[N+]c1cc(-c2occ[n+]2C)c(C)c(-[n+]2ccccc2C)c1. The van der Waals surface area contributed by atoms with Crippen LogP contribution in [0.5, 0.6) is 0 Å². The molecule has 0 aliphatic carbocycles. The van der Waals surface area contributed by atoms with Gasteiger partial charge in [0.1, 0.15) is 7.05 Å². The lowest BCUT2D eigenvalue weighted by Gasteiger charge is -2.06. The molecule has 0 unspecified atom stereocenters. The molecule has 3 aromatic rings. The van der Waals surface area contributed by atoms with E-state index in [4.69, 9.17) is 11.0 Å².